The molecule has 0 spiro atoms. The lowest BCUT2D eigenvalue weighted by molar-refractivity contribution is 0.287. The van der Waals surface area contributed by atoms with Crippen molar-refractivity contribution in [2.45, 2.75) is 23.6 Å². The highest BCUT2D eigenvalue weighted by Crippen LogP contribution is 2.31. The van der Waals surface area contributed by atoms with E-state index in [4.69, 9.17) is 9.47 Å². The van der Waals surface area contributed by atoms with Crippen molar-refractivity contribution in [3.63, 3.8) is 0 Å². The summed E-state index contributed by atoms with van der Waals surface area (Å²) in [6.07, 6.45) is 1.94. The number of rotatable bonds is 8. The Morgan fingerprint density at radius 1 is 1.00 bits per heavy atom. The van der Waals surface area contributed by atoms with Crippen LogP contribution in [-0.4, -0.2) is 27.9 Å². The first-order chi connectivity index (χ1) is 11.5. The van der Waals surface area contributed by atoms with Gasteiger partial charge in [-0.15, -0.1) is 11.8 Å². The van der Waals surface area contributed by atoms with E-state index in [0.29, 0.717) is 30.4 Å². The molecule has 0 aliphatic carbocycles. The van der Waals surface area contributed by atoms with E-state index < -0.39 is 10.0 Å². The van der Waals surface area contributed by atoms with Crippen LogP contribution in [0.1, 0.15) is 13.8 Å². The van der Waals surface area contributed by atoms with E-state index in [9.17, 15) is 8.42 Å². The predicted molar refractivity (Wildman–Crippen MR) is 97.8 cm³/mol. The zero-order chi connectivity index (χ0) is 17.6. The normalized spacial score (nSPS) is 11.1. The largest absolute Gasteiger partial charge is 0.490 e. The third kappa shape index (κ3) is 4.58. The first-order valence-corrected chi connectivity index (χ1v) is 10.3. The highest BCUT2D eigenvalue weighted by atomic mass is 32.2. The number of sulfonamides is 1. The predicted octanol–water partition coefficient (Wildman–Crippen LogP) is 4.01. The van der Waals surface area contributed by atoms with Crippen molar-refractivity contribution in [1.82, 2.24) is 0 Å². The van der Waals surface area contributed by atoms with Gasteiger partial charge in [-0.3, -0.25) is 4.72 Å². The van der Waals surface area contributed by atoms with Gasteiger partial charge in [-0.1, -0.05) is 6.07 Å². The molecule has 2 aromatic carbocycles. The molecule has 0 unspecified atom stereocenters. The Morgan fingerprint density at radius 3 is 2.38 bits per heavy atom. The molecule has 0 atom stereocenters. The molecule has 0 fully saturated rings. The summed E-state index contributed by atoms with van der Waals surface area (Å²) < 4.78 is 38.8. The summed E-state index contributed by atoms with van der Waals surface area (Å²) in [5.74, 6) is 0.947. The fourth-order valence-corrected chi connectivity index (χ4v) is 3.62. The molecule has 5 nitrogen and oxygen atoms in total. The second kappa shape index (κ2) is 8.30. The van der Waals surface area contributed by atoms with Crippen molar-refractivity contribution in [2.75, 3.05) is 24.2 Å². The van der Waals surface area contributed by atoms with Crippen LogP contribution in [0.25, 0.3) is 0 Å². The summed E-state index contributed by atoms with van der Waals surface area (Å²) in [6.45, 7) is 4.60. The van der Waals surface area contributed by atoms with Gasteiger partial charge >= 0.3 is 0 Å². The Bertz CT molecular complexity index is 791. The minimum Gasteiger partial charge on any atom is -0.490 e. The third-order valence-corrected chi connectivity index (χ3v) is 5.25. The lowest BCUT2D eigenvalue weighted by Crippen LogP contribution is -2.13. The maximum Gasteiger partial charge on any atom is 0.262 e. The summed E-state index contributed by atoms with van der Waals surface area (Å²) in [5, 5.41) is 0. The van der Waals surface area contributed by atoms with Crippen molar-refractivity contribution in [3.05, 3.63) is 42.5 Å². The van der Waals surface area contributed by atoms with Gasteiger partial charge < -0.3 is 9.47 Å². The first kappa shape index (κ1) is 18.5. The average Bonchev–Trinajstić information content (AvgIpc) is 2.56. The van der Waals surface area contributed by atoms with Gasteiger partial charge in [-0.25, -0.2) is 8.42 Å². The molecule has 0 aliphatic rings. The zero-order valence-electron chi connectivity index (χ0n) is 13.9. The van der Waals surface area contributed by atoms with Crippen molar-refractivity contribution in [1.29, 1.82) is 0 Å². The van der Waals surface area contributed by atoms with Gasteiger partial charge in [0.2, 0.25) is 0 Å². The van der Waals surface area contributed by atoms with Gasteiger partial charge in [-0.05, 0) is 50.4 Å². The first-order valence-electron chi connectivity index (χ1n) is 7.56. The number of benzene rings is 2. The van der Waals surface area contributed by atoms with Crippen LogP contribution >= 0.6 is 11.8 Å². The van der Waals surface area contributed by atoms with E-state index in [0.717, 1.165) is 4.90 Å². The molecular formula is C17H21NO4S2. The smallest absolute Gasteiger partial charge is 0.262 e. The molecule has 24 heavy (non-hydrogen) atoms. The second-order valence-electron chi connectivity index (χ2n) is 4.81. The molecule has 0 saturated heterocycles. The minimum absolute atomic E-state index is 0.129. The molecule has 0 heterocycles. The van der Waals surface area contributed by atoms with Gasteiger partial charge in [0.05, 0.1) is 18.1 Å². The number of nitrogens with one attached hydrogen (secondary N) is 1. The molecule has 0 aliphatic heterocycles. The quantitative estimate of drug-likeness (QED) is 0.714. The minimum atomic E-state index is -3.71. The molecule has 1 N–H and O–H groups in total. The van der Waals surface area contributed by atoms with Crippen LogP contribution in [0.4, 0.5) is 5.69 Å². The summed E-state index contributed by atoms with van der Waals surface area (Å²) in [7, 11) is -3.71. The Kier molecular flexibility index (Phi) is 6.39. The topological polar surface area (TPSA) is 64.6 Å². The fraction of sp³-hybridized carbons (Fsp3) is 0.294. The van der Waals surface area contributed by atoms with Crippen LogP contribution in [0, 0.1) is 0 Å². The van der Waals surface area contributed by atoms with Crippen molar-refractivity contribution in [3.8, 4) is 11.5 Å². The second-order valence-corrected chi connectivity index (χ2v) is 7.37. The monoisotopic (exact) mass is 367 g/mol. The van der Waals surface area contributed by atoms with Gasteiger partial charge in [0.15, 0.2) is 11.5 Å². The van der Waals surface area contributed by atoms with E-state index in [1.807, 2.05) is 32.2 Å². The molecule has 0 radical (unpaired) electrons. The number of hydrogen-bond donors (Lipinski definition) is 1. The summed E-state index contributed by atoms with van der Waals surface area (Å²) in [4.78, 5) is 1.11. The highest BCUT2D eigenvalue weighted by molar-refractivity contribution is 7.98. The summed E-state index contributed by atoms with van der Waals surface area (Å²) >= 11 is 1.55. The Hall–Kier alpha value is -1.86. The molecule has 0 aromatic heterocycles. The number of ether oxygens (including phenoxy) is 2. The number of anilines is 1. The lowest BCUT2D eigenvalue weighted by Gasteiger charge is -2.13. The van der Waals surface area contributed by atoms with Crippen LogP contribution in [0.3, 0.4) is 0 Å². The van der Waals surface area contributed by atoms with Crippen molar-refractivity contribution in [2.24, 2.45) is 0 Å². The van der Waals surface area contributed by atoms with Crippen molar-refractivity contribution >= 4 is 27.5 Å². The Balaban J connectivity index is 2.32. The molecular weight excluding hydrogens is 346 g/mol. The molecule has 130 valence electrons. The van der Waals surface area contributed by atoms with Crippen LogP contribution < -0.4 is 14.2 Å². The van der Waals surface area contributed by atoms with E-state index in [1.165, 1.54) is 12.1 Å². The van der Waals surface area contributed by atoms with Crippen LogP contribution in [0.5, 0.6) is 11.5 Å². The van der Waals surface area contributed by atoms with Gasteiger partial charge in [-0.2, -0.15) is 0 Å². The molecule has 0 amide bonds. The summed E-state index contributed by atoms with van der Waals surface area (Å²) in [5.41, 5.74) is 0.522. The average molecular weight is 367 g/mol. The maximum absolute atomic E-state index is 12.6. The van der Waals surface area contributed by atoms with Crippen LogP contribution in [0.2, 0.25) is 0 Å². The van der Waals surface area contributed by atoms with Gasteiger partial charge in [0.25, 0.3) is 10.0 Å². The highest BCUT2D eigenvalue weighted by Gasteiger charge is 2.17. The molecule has 0 bridgehead atoms. The van der Waals surface area contributed by atoms with E-state index in [2.05, 4.69) is 4.72 Å². The molecule has 0 saturated carbocycles. The number of thioether (sulfide) groups is 1. The van der Waals surface area contributed by atoms with Crippen LogP contribution in [0.15, 0.2) is 52.3 Å². The van der Waals surface area contributed by atoms with Gasteiger partial charge in [0.1, 0.15) is 0 Å². The number of hydrogen-bond acceptors (Lipinski definition) is 5. The van der Waals surface area contributed by atoms with E-state index in [-0.39, 0.29) is 4.90 Å². The Labute approximate surface area is 147 Å². The van der Waals surface area contributed by atoms with E-state index in [1.54, 1.807) is 30.0 Å². The molecule has 2 rings (SSSR count). The van der Waals surface area contributed by atoms with Crippen molar-refractivity contribution < 1.29 is 17.9 Å². The Morgan fingerprint density at radius 2 is 1.71 bits per heavy atom. The molecule has 7 heteroatoms. The fourth-order valence-electron chi connectivity index (χ4n) is 2.10. The maximum atomic E-state index is 12.6. The SMILES string of the molecule is CCOc1ccc(S(=O)(=O)Nc2cccc(SC)c2)cc1OCC. The third-order valence-electron chi connectivity index (χ3n) is 3.15. The van der Waals surface area contributed by atoms with Gasteiger partial charge in [0, 0.05) is 16.6 Å². The van der Waals surface area contributed by atoms with E-state index >= 15 is 0 Å². The lowest BCUT2D eigenvalue weighted by atomic mass is 10.3. The van der Waals surface area contributed by atoms with Crippen LogP contribution in [-0.2, 0) is 10.0 Å². The molecule has 2 aromatic rings. The summed E-state index contributed by atoms with van der Waals surface area (Å²) in [6, 6.07) is 11.8. The zero-order valence-corrected chi connectivity index (χ0v) is 15.5. The standard InChI is InChI=1S/C17H21NO4S2/c1-4-21-16-10-9-15(12-17(16)22-5-2)24(19,20)18-13-7-6-8-14(11-13)23-3/h6-12,18H,4-5H2,1-3H3.